The summed E-state index contributed by atoms with van der Waals surface area (Å²) in [6.07, 6.45) is 1.10. The first kappa shape index (κ1) is 11.9. The van der Waals surface area contributed by atoms with Crippen LogP contribution in [0.1, 0.15) is 13.3 Å². The van der Waals surface area contributed by atoms with Gasteiger partial charge >= 0.3 is 0 Å². The first-order valence-electron chi connectivity index (χ1n) is 5.93. The Morgan fingerprint density at radius 3 is 2.76 bits per heavy atom. The predicted octanol–water partition coefficient (Wildman–Crippen LogP) is 1.78. The number of benzene rings is 1. The Bertz CT molecular complexity index is 391. The minimum atomic E-state index is -0.365. The highest BCUT2D eigenvalue weighted by Crippen LogP contribution is 2.20. The molecule has 1 aliphatic heterocycles. The fourth-order valence-corrected chi connectivity index (χ4v) is 2.12. The molecule has 2 rings (SSSR count). The van der Waals surface area contributed by atoms with Gasteiger partial charge in [0.1, 0.15) is 0 Å². The number of nitro groups is 1. The van der Waals surface area contributed by atoms with Crippen LogP contribution in [0.2, 0.25) is 0 Å². The SMILES string of the molecule is CCC1CN(c2ccc([N+](=O)[O-])cc2)CCN1. The molecule has 92 valence electrons. The molecule has 1 aromatic carbocycles. The maximum atomic E-state index is 10.6. The number of hydrogen-bond acceptors (Lipinski definition) is 4. The van der Waals surface area contributed by atoms with E-state index in [1.54, 1.807) is 12.1 Å². The minimum Gasteiger partial charge on any atom is -0.369 e. The normalized spacial score (nSPS) is 20.3. The van der Waals surface area contributed by atoms with Crippen LogP contribution >= 0.6 is 0 Å². The molecule has 1 saturated heterocycles. The van der Waals surface area contributed by atoms with Gasteiger partial charge in [-0.25, -0.2) is 0 Å². The molecule has 1 heterocycles. The second-order valence-electron chi connectivity index (χ2n) is 4.28. The zero-order chi connectivity index (χ0) is 12.3. The third-order valence-corrected chi connectivity index (χ3v) is 3.17. The summed E-state index contributed by atoms with van der Waals surface area (Å²) in [4.78, 5) is 12.5. The van der Waals surface area contributed by atoms with Gasteiger partial charge in [-0.15, -0.1) is 0 Å². The molecule has 1 aromatic rings. The van der Waals surface area contributed by atoms with Gasteiger partial charge < -0.3 is 10.2 Å². The van der Waals surface area contributed by atoms with E-state index in [0.717, 1.165) is 31.7 Å². The van der Waals surface area contributed by atoms with Crippen molar-refractivity contribution in [1.29, 1.82) is 0 Å². The second kappa shape index (κ2) is 5.14. The van der Waals surface area contributed by atoms with Gasteiger partial charge in [-0.3, -0.25) is 10.1 Å². The summed E-state index contributed by atoms with van der Waals surface area (Å²) in [5.41, 5.74) is 1.21. The fourth-order valence-electron chi connectivity index (χ4n) is 2.12. The Labute approximate surface area is 101 Å². The van der Waals surface area contributed by atoms with E-state index in [9.17, 15) is 10.1 Å². The summed E-state index contributed by atoms with van der Waals surface area (Å²) >= 11 is 0. The highest BCUT2D eigenvalue weighted by molar-refractivity contribution is 5.51. The largest absolute Gasteiger partial charge is 0.369 e. The van der Waals surface area contributed by atoms with Crippen molar-refractivity contribution < 1.29 is 4.92 Å². The van der Waals surface area contributed by atoms with Crippen LogP contribution in [0.4, 0.5) is 11.4 Å². The van der Waals surface area contributed by atoms with E-state index in [1.165, 1.54) is 0 Å². The molecule has 5 heteroatoms. The van der Waals surface area contributed by atoms with Gasteiger partial charge in [0.2, 0.25) is 0 Å². The van der Waals surface area contributed by atoms with Crippen LogP contribution < -0.4 is 10.2 Å². The minimum absolute atomic E-state index is 0.149. The Balaban J connectivity index is 2.08. The van der Waals surface area contributed by atoms with Crippen molar-refractivity contribution in [2.24, 2.45) is 0 Å². The van der Waals surface area contributed by atoms with Gasteiger partial charge in [-0.05, 0) is 18.6 Å². The highest BCUT2D eigenvalue weighted by Gasteiger charge is 2.18. The van der Waals surface area contributed by atoms with E-state index in [2.05, 4.69) is 17.1 Å². The topological polar surface area (TPSA) is 58.4 Å². The number of non-ortho nitro benzene ring substituents is 1. The van der Waals surface area contributed by atoms with Crippen LogP contribution in [0.25, 0.3) is 0 Å². The Hall–Kier alpha value is -1.62. The molecule has 1 aliphatic rings. The van der Waals surface area contributed by atoms with Crippen LogP contribution in [-0.4, -0.2) is 30.6 Å². The number of nitro benzene ring substituents is 1. The lowest BCUT2D eigenvalue weighted by atomic mass is 10.1. The summed E-state index contributed by atoms with van der Waals surface area (Å²) in [5, 5.41) is 14.0. The molecule has 0 saturated carbocycles. The van der Waals surface area contributed by atoms with Gasteiger partial charge in [0.15, 0.2) is 0 Å². The maximum absolute atomic E-state index is 10.6. The van der Waals surface area contributed by atoms with E-state index < -0.39 is 0 Å². The average Bonchev–Trinajstić information content (AvgIpc) is 2.39. The monoisotopic (exact) mass is 235 g/mol. The number of rotatable bonds is 3. The number of nitrogens with one attached hydrogen (secondary N) is 1. The summed E-state index contributed by atoms with van der Waals surface area (Å²) in [7, 11) is 0. The highest BCUT2D eigenvalue weighted by atomic mass is 16.6. The summed E-state index contributed by atoms with van der Waals surface area (Å²) in [6.45, 7) is 5.05. The lowest BCUT2D eigenvalue weighted by Crippen LogP contribution is -2.50. The molecule has 1 fully saturated rings. The average molecular weight is 235 g/mol. The Kier molecular flexibility index (Phi) is 3.58. The lowest BCUT2D eigenvalue weighted by Gasteiger charge is -2.34. The van der Waals surface area contributed by atoms with E-state index in [0.29, 0.717) is 6.04 Å². The molecule has 17 heavy (non-hydrogen) atoms. The van der Waals surface area contributed by atoms with Crippen LogP contribution in [0.15, 0.2) is 24.3 Å². The first-order chi connectivity index (χ1) is 8.20. The van der Waals surface area contributed by atoms with Gasteiger partial charge in [0, 0.05) is 43.5 Å². The molecule has 1 atom stereocenters. The van der Waals surface area contributed by atoms with Crippen LogP contribution in [0.5, 0.6) is 0 Å². The molecule has 0 aromatic heterocycles. The zero-order valence-corrected chi connectivity index (χ0v) is 9.93. The number of anilines is 1. The van der Waals surface area contributed by atoms with Crippen LogP contribution in [-0.2, 0) is 0 Å². The first-order valence-corrected chi connectivity index (χ1v) is 5.93. The van der Waals surface area contributed by atoms with Crippen molar-refractivity contribution in [1.82, 2.24) is 5.32 Å². The fraction of sp³-hybridized carbons (Fsp3) is 0.500. The van der Waals surface area contributed by atoms with Gasteiger partial charge in [0.25, 0.3) is 5.69 Å². The van der Waals surface area contributed by atoms with Gasteiger partial charge in [0.05, 0.1) is 4.92 Å². The standard InChI is InChI=1S/C12H17N3O2/c1-2-10-9-14(8-7-13-10)11-3-5-12(6-4-11)15(16)17/h3-6,10,13H,2,7-9H2,1H3. The molecule has 0 bridgehead atoms. The molecule has 0 spiro atoms. The van der Waals surface area contributed by atoms with Crippen molar-refractivity contribution >= 4 is 11.4 Å². The number of hydrogen-bond donors (Lipinski definition) is 1. The Morgan fingerprint density at radius 1 is 1.47 bits per heavy atom. The third kappa shape index (κ3) is 2.74. The quantitative estimate of drug-likeness (QED) is 0.641. The maximum Gasteiger partial charge on any atom is 0.269 e. The van der Waals surface area contributed by atoms with Gasteiger partial charge in [-0.2, -0.15) is 0 Å². The van der Waals surface area contributed by atoms with Crippen molar-refractivity contribution in [3.05, 3.63) is 34.4 Å². The second-order valence-corrected chi connectivity index (χ2v) is 4.28. The van der Waals surface area contributed by atoms with E-state index >= 15 is 0 Å². The molecular weight excluding hydrogens is 218 g/mol. The number of piperazine rings is 1. The van der Waals surface area contributed by atoms with E-state index in [1.807, 2.05) is 12.1 Å². The van der Waals surface area contributed by atoms with E-state index in [4.69, 9.17) is 0 Å². The van der Waals surface area contributed by atoms with Crippen LogP contribution in [0.3, 0.4) is 0 Å². The smallest absolute Gasteiger partial charge is 0.269 e. The summed E-state index contributed by atoms with van der Waals surface area (Å²) < 4.78 is 0. The van der Waals surface area contributed by atoms with Crippen molar-refractivity contribution in [3.63, 3.8) is 0 Å². The third-order valence-electron chi connectivity index (χ3n) is 3.17. The Morgan fingerprint density at radius 2 is 2.18 bits per heavy atom. The molecule has 5 nitrogen and oxygen atoms in total. The molecule has 0 radical (unpaired) electrons. The van der Waals surface area contributed by atoms with E-state index in [-0.39, 0.29) is 10.6 Å². The van der Waals surface area contributed by atoms with Crippen molar-refractivity contribution in [3.8, 4) is 0 Å². The summed E-state index contributed by atoms with van der Waals surface area (Å²) in [5.74, 6) is 0. The molecule has 1 N–H and O–H groups in total. The summed E-state index contributed by atoms with van der Waals surface area (Å²) in [6, 6.07) is 7.31. The predicted molar refractivity (Wildman–Crippen MR) is 67.4 cm³/mol. The molecule has 0 amide bonds. The van der Waals surface area contributed by atoms with Gasteiger partial charge in [-0.1, -0.05) is 6.92 Å². The molecular formula is C12H17N3O2. The van der Waals surface area contributed by atoms with Crippen LogP contribution in [0, 0.1) is 10.1 Å². The zero-order valence-electron chi connectivity index (χ0n) is 9.93. The molecule has 1 unspecified atom stereocenters. The number of nitrogens with zero attached hydrogens (tertiary/aromatic N) is 2. The molecule has 0 aliphatic carbocycles. The van der Waals surface area contributed by atoms with Crippen molar-refractivity contribution in [2.45, 2.75) is 19.4 Å². The van der Waals surface area contributed by atoms with Crippen molar-refractivity contribution in [2.75, 3.05) is 24.5 Å². The lowest BCUT2D eigenvalue weighted by molar-refractivity contribution is -0.384.